The number of aryl methyl sites for hydroxylation is 2. The topological polar surface area (TPSA) is 92.3 Å². The van der Waals surface area contributed by atoms with Crippen LogP contribution in [0.1, 0.15) is 17.5 Å². The lowest BCUT2D eigenvalue weighted by atomic mass is 10.1. The number of amides is 2. The summed E-state index contributed by atoms with van der Waals surface area (Å²) in [6.45, 7) is 3.79. The third-order valence-electron chi connectivity index (χ3n) is 4.15. The Morgan fingerprint density at radius 2 is 1.88 bits per heavy atom. The van der Waals surface area contributed by atoms with Crippen molar-refractivity contribution in [1.29, 1.82) is 0 Å². The summed E-state index contributed by atoms with van der Waals surface area (Å²) in [5.74, 6) is -1.20. The summed E-state index contributed by atoms with van der Waals surface area (Å²) >= 11 is 0. The van der Waals surface area contributed by atoms with Gasteiger partial charge in [0.1, 0.15) is 0 Å². The zero-order valence-corrected chi connectivity index (χ0v) is 14.7. The van der Waals surface area contributed by atoms with Crippen LogP contribution in [-0.4, -0.2) is 25.5 Å². The van der Waals surface area contributed by atoms with Gasteiger partial charge in [-0.2, -0.15) is 0 Å². The maximum absolute atomic E-state index is 12.7. The largest absolute Gasteiger partial charge is 0.326 e. The van der Waals surface area contributed by atoms with Crippen LogP contribution in [0.4, 0.5) is 11.4 Å². The minimum atomic E-state index is -3.91. The molecule has 0 fully saturated rings. The van der Waals surface area contributed by atoms with Crippen LogP contribution in [0.5, 0.6) is 0 Å². The first kappa shape index (κ1) is 17.2. The average Bonchev–Trinajstić information content (AvgIpc) is 2.54. The quantitative estimate of drug-likeness (QED) is 0.881. The first-order valence-electron chi connectivity index (χ1n) is 7.80. The second-order valence-electron chi connectivity index (χ2n) is 6.09. The van der Waals surface area contributed by atoms with Gasteiger partial charge in [-0.3, -0.25) is 9.59 Å². The summed E-state index contributed by atoms with van der Waals surface area (Å²) in [7, 11) is -3.91. The van der Waals surface area contributed by atoms with Crippen LogP contribution in [-0.2, 0) is 19.4 Å². The van der Waals surface area contributed by atoms with E-state index in [0.29, 0.717) is 5.69 Å². The highest BCUT2D eigenvalue weighted by Crippen LogP contribution is 2.31. The molecule has 0 aliphatic carbocycles. The molecule has 6 nitrogen and oxygen atoms in total. The molecule has 0 saturated heterocycles. The minimum Gasteiger partial charge on any atom is -0.326 e. The van der Waals surface area contributed by atoms with E-state index in [1.165, 1.54) is 12.1 Å². The number of nitrogens with one attached hydrogen (secondary N) is 2. The predicted octanol–water partition coefficient (Wildman–Crippen LogP) is 2.43. The van der Waals surface area contributed by atoms with Crippen molar-refractivity contribution in [3.8, 4) is 0 Å². The minimum absolute atomic E-state index is 0.0407. The molecule has 1 heterocycles. The molecule has 0 radical (unpaired) electrons. The van der Waals surface area contributed by atoms with Gasteiger partial charge in [0.05, 0.1) is 17.0 Å². The van der Waals surface area contributed by atoms with Crippen molar-refractivity contribution in [2.45, 2.75) is 30.4 Å². The fourth-order valence-corrected chi connectivity index (χ4v) is 4.56. The Morgan fingerprint density at radius 3 is 2.60 bits per heavy atom. The molecule has 0 spiro atoms. The fourth-order valence-electron chi connectivity index (χ4n) is 2.85. The number of para-hydroxylation sites is 1. The normalized spacial score (nSPS) is 18.2. The molecule has 1 aliphatic heterocycles. The maximum atomic E-state index is 12.7. The van der Waals surface area contributed by atoms with E-state index in [1.54, 1.807) is 18.2 Å². The summed E-state index contributed by atoms with van der Waals surface area (Å²) < 4.78 is 25.3. The number of hydrogen-bond acceptors (Lipinski definition) is 4. The number of benzene rings is 2. The lowest BCUT2D eigenvalue weighted by Gasteiger charge is -2.24. The molecule has 0 aromatic heterocycles. The number of sulfone groups is 1. The van der Waals surface area contributed by atoms with E-state index < -0.39 is 33.3 Å². The summed E-state index contributed by atoms with van der Waals surface area (Å²) in [5, 5.41) is 3.80. The second kappa shape index (κ2) is 6.33. The van der Waals surface area contributed by atoms with Crippen LogP contribution < -0.4 is 10.6 Å². The number of anilines is 2. The number of hydrogen-bond donors (Lipinski definition) is 2. The Labute approximate surface area is 146 Å². The van der Waals surface area contributed by atoms with Crippen molar-refractivity contribution in [2.24, 2.45) is 0 Å². The number of carbonyl (C=O) groups is 2. The molecule has 2 aromatic rings. The third-order valence-corrected chi connectivity index (χ3v) is 6.24. The van der Waals surface area contributed by atoms with Crippen LogP contribution in [0.2, 0.25) is 0 Å². The molecular formula is C18H18N2O4S. The first-order chi connectivity index (χ1) is 11.8. The van der Waals surface area contributed by atoms with Crippen molar-refractivity contribution in [1.82, 2.24) is 0 Å². The van der Waals surface area contributed by atoms with E-state index in [2.05, 4.69) is 10.6 Å². The van der Waals surface area contributed by atoms with E-state index in [4.69, 9.17) is 0 Å². The molecular weight excluding hydrogens is 340 g/mol. The molecule has 7 heteroatoms. The maximum Gasteiger partial charge on any atom is 0.243 e. The molecule has 2 aromatic carbocycles. The van der Waals surface area contributed by atoms with Gasteiger partial charge < -0.3 is 10.6 Å². The summed E-state index contributed by atoms with van der Waals surface area (Å²) in [4.78, 5) is 24.6. The predicted molar refractivity (Wildman–Crippen MR) is 95.2 cm³/mol. The molecule has 3 rings (SSSR count). The molecule has 1 atom stereocenters. The Morgan fingerprint density at radius 1 is 1.16 bits per heavy atom. The van der Waals surface area contributed by atoms with Crippen LogP contribution in [0.15, 0.2) is 47.4 Å². The van der Waals surface area contributed by atoms with Crippen molar-refractivity contribution in [2.75, 3.05) is 10.6 Å². The van der Waals surface area contributed by atoms with Gasteiger partial charge in [-0.15, -0.1) is 0 Å². The van der Waals surface area contributed by atoms with E-state index in [0.717, 1.165) is 11.1 Å². The molecule has 0 saturated carbocycles. The van der Waals surface area contributed by atoms with Gasteiger partial charge in [0, 0.05) is 5.69 Å². The molecule has 0 bridgehead atoms. The second-order valence-corrected chi connectivity index (χ2v) is 8.19. The van der Waals surface area contributed by atoms with Gasteiger partial charge in [0.2, 0.25) is 11.8 Å². The van der Waals surface area contributed by atoms with Gasteiger partial charge in [0.25, 0.3) is 0 Å². The Kier molecular flexibility index (Phi) is 4.34. The Balaban J connectivity index is 1.82. The summed E-state index contributed by atoms with van der Waals surface area (Å²) in [6.07, 6.45) is -0.435. The number of carbonyl (C=O) groups excluding carboxylic acids is 2. The zero-order chi connectivity index (χ0) is 18.2. The average molecular weight is 358 g/mol. The van der Waals surface area contributed by atoms with Crippen LogP contribution in [0.3, 0.4) is 0 Å². The van der Waals surface area contributed by atoms with E-state index >= 15 is 0 Å². The SMILES string of the molecule is Cc1ccc(NC(=O)C[C@@H]2C(=O)Nc3ccccc3S2(=O)=O)c(C)c1. The summed E-state index contributed by atoms with van der Waals surface area (Å²) in [6, 6.07) is 11.7. The smallest absolute Gasteiger partial charge is 0.243 e. The highest BCUT2D eigenvalue weighted by Gasteiger charge is 2.41. The van der Waals surface area contributed by atoms with E-state index in [-0.39, 0.29) is 10.6 Å². The van der Waals surface area contributed by atoms with Crippen LogP contribution in [0, 0.1) is 13.8 Å². The lowest BCUT2D eigenvalue weighted by Crippen LogP contribution is -2.42. The molecule has 25 heavy (non-hydrogen) atoms. The fraction of sp³-hybridized carbons (Fsp3) is 0.222. The summed E-state index contributed by atoms with van der Waals surface area (Å²) in [5.41, 5.74) is 2.78. The van der Waals surface area contributed by atoms with E-state index in [1.807, 2.05) is 26.0 Å². The van der Waals surface area contributed by atoms with Crippen molar-refractivity contribution in [3.05, 3.63) is 53.6 Å². The van der Waals surface area contributed by atoms with Gasteiger partial charge in [-0.25, -0.2) is 8.42 Å². The first-order valence-corrected chi connectivity index (χ1v) is 9.34. The number of rotatable bonds is 3. The molecule has 2 amide bonds. The van der Waals surface area contributed by atoms with Crippen LogP contribution in [0.25, 0.3) is 0 Å². The van der Waals surface area contributed by atoms with Gasteiger partial charge in [-0.05, 0) is 37.6 Å². The monoisotopic (exact) mass is 358 g/mol. The molecule has 2 N–H and O–H groups in total. The lowest BCUT2D eigenvalue weighted by molar-refractivity contribution is -0.121. The highest BCUT2D eigenvalue weighted by molar-refractivity contribution is 7.93. The standard InChI is InChI=1S/C18H18N2O4S/c1-11-7-8-13(12(2)9-11)19-17(21)10-16-18(22)20-14-5-3-4-6-15(14)25(16,23)24/h3-9,16H,10H2,1-2H3,(H,19,21)(H,20,22)/t16-/m1/s1. The van der Waals surface area contributed by atoms with Crippen molar-refractivity contribution >= 4 is 33.0 Å². The van der Waals surface area contributed by atoms with Crippen molar-refractivity contribution < 1.29 is 18.0 Å². The Bertz CT molecular complexity index is 967. The van der Waals surface area contributed by atoms with E-state index in [9.17, 15) is 18.0 Å². The van der Waals surface area contributed by atoms with Crippen molar-refractivity contribution in [3.63, 3.8) is 0 Å². The Hall–Kier alpha value is -2.67. The van der Waals surface area contributed by atoms with Crippen LogP contribution >= 0.6 is 0 Å². The zero-order valence-electron chi connectivity index (χ0n) is 13.9. The highest BCUT2D eigenvalue weighted by atomic mass is 32.2. The molecule has 0 unspecified atom stereocenters. The third kappa shape index (κ3) is 3.28. The molecule has 130 valence electrons. The number of fused-ring (bicyclic) bond motifs is 1. The van der Waals surface area contributed by atoms with Gasteiger partial charge in [0.15, 0.2) is 15.1 Å². The van der Waals surface area contributed by atoms with Gasteiger partial charge in [-0.1, -0.05) is 29.8 Å². The molecule has 1 aliphatic rings. The van der Waals surface area contributed by atoms with Gasteiger partial charge >= 0.3 is 0 Å².